The summed E-state index contributed by atoms with van der Waals surface area (Å²) in [6, 6.07) is 9.98. The number of likely N-dealkylation sites (N-methyl/N-ethyl adjacent to an activating group) is 1. The molecule has 0 amide bonds. The maximum atomic E-state index is 10.6. The summed E-state index contributed by atoms with van der Waals surface area (Å²) in [4.78, 5) is 10.6. The number of carbonyl (C=O) groups is 1. The summed E-state index contributed by atoms with van der Waals surface area (Å²) in [5.74, 6) is 0. The first-order chi connectivity index (χ1) is 6.36. The third-order valence-corrected chi connectivity index (χ3v) is 1.93. The molecule has 2 nitrogen and oxygen atoms in total. The van der Waals surface area contributed by atoms with Crippen LogP contribution in [0.15, 0.2) is 30.3 Å². The van der Waals surface area contributed by atoms with E-state index >= 15 is 0 Å². The number of hydrogen-bond acceptors (Lipinski definition) is 2. The molecule has 1 aromatic rings. The predicted molar refractivity (Wildman–Crippen MR) is 53.7 cm³/mol. The maximum absolute atomic E-state index is 10.6. The molecular formula is C11H15NO. The highest BCUT2D eigenvalue weighted by Gasteiger charge is 2.04. The zero-order valence-electron chi connectivity index (χ0n) is 7.86. The van der Waals surface area contributed by atoms with Crippen molar-refractivity contribution in [2.24, 2.45) is 0 Å². The van der Waals surface area contributed by atoms with Crippen LogP contribution in [0.3, 0.4) is 0 Å². The van der Waals surface area contributed by atoms with Gasteiger partial charge in [0.2, 0.25) is 0 Å². The highest BCUT2D eigenvalue weighted by molar-refractivity contribution is 5.58. The summed E-state index contributed by atoms with van der Waals surface area (Å²) in [6.45, 7) is 2.83. The van der Waals surface area contributed by atoms with Crippen LogP contribution in [0.2, 0.25) is 0 Å². The topological polar surface area (TPSA) is 29.1 Å². The van der Waals surface area contributed by atoms with Crippen molar-refractivity contribution in [3.8, 4) is 0 Å². The van der Waals surface area contributed by atoms with Gasteiger partial charge in [0, 0.05) is 0 Å². The molecule has 13 heavy (non-hydrogen) atoms. The van der Waals surface area contributed by atoms with Crippen molar-refractivity contribution < 1.29 is 4.79 Å². The van der Waals surface area contributed by atoms with Crippen molar-refractivity contribution in [3.05, 3.63) is 35.9 Å². The SMILES string of the molecule is CCN[C@H](C=O)Cc1ccccc1. The summed E-state index contributed by atoms with van der Waals surface area (Å²) in [6.07, 6.45) is 1.74. The number of nitrogens with one attached hydrogen (secondary N) is 1. The second-order valence-electron chi connectivity index (χ2n) is 2.99. The lowest BCUT2D eigenvalue weighted by molar-refractivity contribution is -0.109. The Balaban J connectivity index is 2.51. The lowest BCUT2D eigenvalue weighted by Gasteiger charge is -2.10. The van der Waals surface area contributed by atoms with Gasteiger partial charge in [-0.2, -0.15) is 0 Å². The largest absolute Gasteiger partial charge is 0.308 e. The average Bonchev–Trinajstić information content (AvgIpc) is 2.19. The molecule has 1 atom stereocenters. The van der Waals surface area contributed by atoms with E-state index in [2.05, 4.69) is 5.32 Å². The minimum atomic E-state index is -0.0487. The fourth-order valence-electron chi connectivity index (χ4n) is 1.30. The molecule has 0 fully saturated rings. The molecule has 0 radical (unpaired) electrons. The molecule has 1 rings (SSSR count). The Morgan fingerprint density at radius 2 is 2.08 bits per heavy atom. The minimum Gasteiger partial charge on any atom is -0.308 e. The van der Waals surface area contributed by atoms with Crippen LogP contribution in [0.4, 0.5) is 0 Å². The lowest BCUT2D eigenvalue weighted by atomic mass is 10.1. The van der Waals surface area contributed by atoms with Gasteiger partial charge in [-0.15, -0.1) is 0 Å². The van der Waals surface area contributed by atoms with E-state index in [0.29, 0.717) is 0 Å². The Bertz CT molecular complexity index is 246. The second-order valence-corrected chi connectivity index (χ2v) is 2.99. The van der Waals surface area contributed by atoms with E-state index < -0.39 is 0 Å². The van der Waals surface area contributed by atoms with E-state index in [9.17, 15) is 4.79 Å². The molecule has 0 aliphatic heterocycles. The van der Waals surface area contributed by atoms with Crippen molar-refractivity contribution in [1.82, 2.24) is 5.32 Å². The number of rotatable bonds is 5. The first kappa shape index (κ1) is 9.93. The molecule has 0 spiro atoms. The van der Waals surface area contributed by atoms with Crippen molar-refractivity contribution in [1.29, 1.82) is 0 Å². The fourth-order valence-corrected chi connectivity index (χ4v) is 1.30. The van der Waals surface area contributed by atoms with E-state index in [1.165, 1.54) is 5.56 Å². The molecule has 0 saturated carbocycles. The van der Waals surface area contributed by atoms with E-state index in [1.54, 1.807) is 0 Å². The number of aldehydes is 1. The Morgan fingerprint density at radius 3 is 2.62 bits per heavy atom. The molecule has 70 valence electrons. The number of benzene rings is 1. The van der Waals surface area contributed by atoms with Gasteiger partial charge in [0.15, 0.2) is 0 Å². The fraction of sp³-hybridized carbons (Fsp3) is 0.364. The van der Waals surface area contributed by atoms with E-state index in [-0.39, 0.29) is 6.04 Å². The summed E-state index contributed by atoms with van der Waals surface area (Å²) in [5.41, 5.74) is 1.19. The lowest BCUT2D eigenvalue weighted by Crippen LogP contribution is -2.32. The Labute approximate surface area is 79.0 Å². The molecule has 0 aromatic heterocycles. The Kier molecular flexibility index (Phi) is 4.19. The molecule has 0 saturated heterocycles. The minimum absolute atomic E-state index is 0.0487. The monoisotopic (exact) mass is 177 g/mol. The molecule has 0 aliphatic carbocycles. The van der Waals surface area contributed by atoms with Crippen LogP contribution < -0.4 is 5.32 Å². The highest BCUT2D eigenvalue weighted by atomic mass is 16.1. The Morgan fingerprint density at radius 1 is 1.38 bits per heavy atom. The van der Waals surface area contributed by atoms with Gasteiger partial charge < -0.3 is 10.1 Å². The van der Waals surface area contributed by atoms with Gasteiger partial charge in [-0.25, -0.2) is 0 Å². The summed E-state index contributed by atoms with van der Waals surface area (Å²) < 4.78 is 0. The van der Waals surface area contributed by atoms with Crippen LogP contribution in [-0.2, 0) is 11.2 Å². The van der Waals surface area contributed by atoms with Gasteiger partial charge >= 0.3 is 0 Å². The zero-order valence-corrected chi connectivity index (χ0v) is 7.86. The van der Waals surface area contributed by atoms with Crippen molar-refractivity contribution in [2.45, 2.75) is 19.4 Å². The van der Waals surface area contributed by atoms with Gasteiger partial charge in [-0.1, -0.05) is 37.3 Å². The zero-order chi connectivity index (χ0) is 9.52. The van der Waals surface area contributed by atoms with Gasteiger partial charge in [0.05, 0.1) is 6.04 Å². The Hall–Kier alpha value is -1.15. The summed E-state index contributed by atoms with van der Waals surface area (Å²) in [5, 5.41) is 3.11. The normalized spacial score (nSPS) is 12.4. The van der Waals surface area contributed by atoms with Gasteiger partial charge in [0.25, 0.3) is 0 Å². The van der Waals surface area contributed by atoms with Crippen LogP contribution in [0.1, 0.15) is 12.5 Å². The van der Waals surface area contributed by atoms with E-state index in [4.69, 9.17) is 0 Å². The first-order valence-electron chi connectivity index (χ1n) is 4.59. The van der Waals surface area contributed by atoms with Crippen LogP contribution in [-0.4, -0.2) is 18.9 Å². The van der Waals surface area contributed by atoms with Gasteiger partial charge in [-0.3, -0.25) is 0 Å². The average molecular weight is 177 g/mol. The quantitative estimate of drug-likeness (QED) is 0.689. The highest BCUT2D eigenvalue weighted by Crippen LogP contribution is 2.01. The van der Waals surface area contributed by atoms with Crippen molar-refractivity contribution in [2.75, 3.05) is 6.54 Å². The molecule has 0 aliphatic rings. The second kappa shape index (κ2) is 5.49. The molecular weight excluding hydrogens is 162 g/mol. The standard InChI is InChI=1S/C11H15NO/c1-2-12-11(9-13)8-10-6-4-3-5-7-10/h3-7,9,11-12H,2,8H2,1H3/t11-/m0/s1. The first-order valence-corrected chi connectivity index (χ1v) is 4.59. The summed E-state index contributed by atoms with van der Waals surface area (Å²) in [7, 11) is 0. The molecule has 0 heterocycles. The smallest absolute Gasteiger partial charge is 0.137 e. The molecule has 1 aromatic carbocycles. The van der Waals surface area contributed by atoms with E-state index in [1.807, 2.05) is 37.3 Å². The number of hydrogen-bond donors (Lipinski definition) is 1. The van der Waals surface area contributed by atoms with Crippen LogP contribution in [0.5, 0.6) is 0 Å². The van der Waals surface area contributed by atoms with Crippen LogP contribution in [0, 0.1) is 0 Å². The predicted octanol–water partition coefficient (Wildman–Crippen LogP) is 1.41. The molecule has 1 N–H and O–H groups in total. The molecule has 2 heteroatoms. The van der Waals surface area contributed by atoms with E-state index in [0.717, 1.165) is 19.3 Å². The van der Waals surface area contributed by atoms with Crippen molar-refractivity contribution in [3.63, 3.8) is 0 Å². The van der Waals surface area contributed by atoms with Gasteiger partial charge in [0.1, 0.15) is 6.29 Å². The van der Waals surface area contributed by atoms with Crippen LogP contribution in [0.25, 0.3) is 0 Å². The molecule has 0 unspecified atom stereocenters. The maximum Gasteiger partial charge on any atom is 0.137 e. The van der Waals surface area contributed by atoms with Crippen molar-refractivity contribution >= 4 is 6.29 Å². The summed E-state index contributed by atoms with van der Waals surface area (Å²) >= 11 is 0. The van der Waals surface area contributed by atoms with Gasteiger partial charge in [-0.05, 0) is 18.5 Å². The number of carbonyl (C=O) groups excluding carboxylic acids is 1. The third kappa shape index (κ3) is 3.38. The molecule has 0 bridgehead atoms. The van der Waals surface area contributed by atoms with Crippen LogP contribution >= 0.6 is 0 Å². The third-order valence-electron chi connectivity index (χ3n) is 1.93.